The maximum Gasteiger partial charge on any atom is 0.315 e. The van der Waals surface area contributed by atoms with Gasteiger partial charge in [0.05, 0.1) is 16.1 Å². The van der Waals surface area contributed by atoms with Gasteiger partial charge >= 0.3 is 6.03 Å². The Labute approximate surface area is 171 Å². The number of aromatic nitrogens is 1. The van der Waals surface area contributed by atoms with Crippen molar-refractivity contribution in [3.63, 3.8) is 0 Å². The molecule has 4 nitrogen and oxygen atoms in total. The van der Waals surface area contributed by atoms with E-state index in [1.807, 2.05) is 24.3 Å². The minimum atomic E-state index is -0.516. The average molecular weight is 416 g/mol. The number of hydrogen-bond acceptors (Lipinski definition) is 2. The van der Waals surface area contributed by atoms with E-state index in [1.165, 1.54) is 6.20 Å². The monoisotopic (exact) mass is 415 g/mol. The van der Waals surface area contributed by atoms with Crippen molar-refractivity contribution in [2.45, 2.75) is 12.5 Å². The van der Waals surface area contributed by atoms with Crippen molar-refractivity contribution in [3.05, 3.63) is 87.4 Å². The first kappa shape index (κ1) is 18.7. The highest BCUT2D eigenvalue weighted by Crippen LogP contribution is 2.38. The van der Waals surface area contributed by atoms with Gasteiger partial charge in [-0.15, -0.1) is 0 Å². The van der Waals surface area contributed by atoms with Crippen LogP contribution in [0.15, 0.2) is 54.7 Å². The second kappa shape index (κ2) is 7.41. The Morgan fingerprint density at radius 2 is 1.96 bits per heavy atom. The highest BCUT2D eigenvalue weighted by molar-refractivity contribution is 6.42. The van der Waals surface area contributed by atoms with E-state index in [2.05, 4.69) is 4.98 Å². The summed E-state index contributed by atoms with van der Waals surface area (Å²) in [6, 6.07) is 13.4. The lowest BCUT2D eigenvalue weighted by Gasteiger charge is -2.37. The van der Waals surface area contributed by atoms with E-state index in [0.717, 1.165) is 22.3 Å². The van der Waals surface area contributed by atoms with Gasteiger partial charge in [0.2, 0.25) is 5.95 Å². The summed E-state index contributed by atoms with van der Waals surface area (Å²) in [5, 5.41) is 0.847. The van der Waals surface area contributed by atoms with Crippen LogP contribution in [0.5, 0.6) is 0 Å². The number of pyridine rings is 1. The molecule has 1 aliphatic rings. The number of carbonyl (C=O) groups excluding carboxylic acids is 1. The molecule has 142 valence electrons. The summed E-state index contributed by atoms with van der Waals surface area (Å²) in [6.07, 6.45) is 2.04. The minimum Gasteiger partial charge on any atom is -0.351 e. The summed E-state index contributed by atoms with van der Waals surface area (Å²) in [4.78, 5) is 17.4. The number of nitrogens with two attached hydrogens (primary N) is 1. The normalized spacial score (nSPS) is 16.0. The van der Waals surface area contributed by atoms with Gasteiger partial charge in [-0.1, -0.05) is 47.5 Å². The Balaban J connectivity index is 1.83. The third-order valence-electron chi connectivity index (χ3n) is 4.98. The van der Waals surface area contributed by atoms with Crippen LogP contribution in [0, 0.1) is 5.95 Å². The Bertz CT molecular complexity index is 1070. The number of carbonyl (C=O) groups is 1. The molecule has 4 rings (SSSR count). The van der Waals surface area contributed by atoms with E-state index in [-0.39, 0.29) is 6.04 Å². The number of primary amides is 1. The van der Waals surface area contributed by atoms with Crippen molar-refractivity contribution in [1.82, 2.24) is 9.88 Å². The molecule has 3 aromatic rings. The molecule has 0 fully saturated rings. The van der Waals surface area contributed by atoms with Crippen molar-refractivity contribution in [2.24, 2.45) is 5.73 Å². The molecule has 0 saturated heterocycles. The molecule has 2 N–H and O–H groups in total. The quantitative estimate of drug-likeness (QED) is 0.583. The van der Waals surface area contributed by atoms with Gasteiger partial charge in [0.1, 0.15) is 0 Å². The highest BCUT2D eigenvalue weighted by atomic mass is 35.5. The molecule has 2 amide bonds. The summed E-state index contributed by atoms with van der Waals surface area (Å²) in [7, 11) is 0. The predicted molar refractivity (Wildman–Crippen MR) is 108 cm³/mol. The van der Waals surface area contributed by atoms with Gasteiger partial charge in [-0.3, -0.25) is 0 Å². The van der Waals surface area contributed by atoms with Crippen LogP contribution in [-0.2, 0) is 6.42 Å². The van der Waals surface area contributed by atoms with Crippen LogP contribution in [0.25, 0.3) is 11.1 Å². The molecule has 1 unspecified atom stereocenters. The molecule has 1 aliphatic heterocycles. The molecule has 28 heavy (non-hydrogen) atoms. The zero-order valence-corrected chi connectivity index (χ0v) is 16.2. The summed E-state index contributed by atoms with van der Waals surface area (Å²) in [6.45, 7) is 0.451. The molecule has 0 aliphatic carbocycles. The van der Waals surface area contributed by atoms with Crippen LogP contribution in [0.3, 0.4) is 0 Å². The average Bonchev–Trinajstić information content (AvgIpc) is 2.69. The molecule has 2 aromatic carbocycles. The lowest BCUT2D eigenvalue weighted by molar-refractivity contribution is 0.190. The standard InChI is InChI=1S/C21H16Cl2FN3O/c22-17-6-4-14(11-18(17)23)19-15-5-3-12(16-2-1-8-26-20(16)24)10-13(15)7-9-27(19)21(25)28/h1-6,8,10-11,19H,7,9H2,(H2,25,28). The van der Waals surface area contributed by atoms with Crippen molar-refractivity contribution < 1.29 is 9.18 Å². The lowest BCUT2D eigenvalue weighted by atomic mass is 9.86. The number of fused-ring (bicyclic) bond motifs is 1. The fourth-order valence-electron chi connectivity index (χ4n) is 3.68. The van der Waals surface area contributed by atoms with Crippen molar-refractivity contribution >= 4 is 29.2 Å². The molecule has 0 saturated carbocycles. The Kier molecular flexibility index (Phi) is 4.96. The van der Waals surface area contributed by atoms with Gasteiger partial charge in [-0.2, -0.15) is 4.39 Å². The first-order chi connectivity index (χ1) is 13.5. The van der Waals surface area contributed by atoms with Gasteiger partial charge in [-0.25, -0.2) is 9.78 Å². The van der Waals surface area contributed by atoms with E-state index in [4.69, 9.17) is 28.9 Å². The van der Waals surface area contributed by atoms with Gasteiger partial charge in [0.25, 0.3) is 0 Å². The third kappa shape index (κ3) is 3.32. The molecule has 0 radical (unpaired) electrons. The van der Waals surface area contributed by atoms with Crippen molar-refractivity contribution in [3.8, 4) is 11.1 Å². The molecule has 0 spiro atoms. The molecule has 2 heterocycles. The number of halogens is 3. The topological polar surface area (TPSA) is 59.2 Å². The third-order valence-corrected chi connectivity index (χ3v) is 5.72. The SMILES string of the molecule is NC(=O)N1CCc2cc(-c3cccnc3F)ccc2C1c1ccc(Cl)c(Cl)c1. The molecule has 0 bridgehead atoms. The van der Waals surface area contributed by atoms with Gasteiger partial charge in [0.15, 0.2) is 0 Å². The Hall–Kier alpha value is -2.63. The maximum absolute atomic E-state index is 14.1. The van der Waals surface area contributed by atoms with E-state index in [0.29, 0.717) is 28.6 Å². The van der Waals surface area contributed by atoms with Crippen molar-refractivity contribution in [1.29, 1.82) is 0 Å². The highest BCUT2D eigenvalue weighted by Gasteiger charge is 2.31. The number of urea groups is 1. The summed E-state index contributed by atoms with van der Waals surface area (Å²) in [5.41, 5.74) is 9.57. The lowest BCUT2D eigenvalue weighted by Crippen LogP contribution is -2.43. The van der Waals surface area contributed by atoms with Gasteiger partial charge in [0, 0.05) is 18.3 Å². The number of amides is 2. The van der Waals surface area contributed by atoms with E-state index in [1.54, 1.807) is 29.2 Å². The second-order valence-corrected chi connectivity index (χ2v) is 7.43. The Morgan fingerprint density at radius 3 is 2.68 bits per heavy atom. The van der Waals surface area contributed by atoms with E-state index >= 15 is 0 Å². The van der Waals surface area contributed by atoms with Gasteiger partial charge in [-0.05, 0) is 52.9 Å². The first-order valence-electron chi connectivity index (χ1n) is 8.70. The molecular weight excluding hydrogens is 400 g/mol. The van der Waals surface area contributed by atoms with E-state index in [9.17, 15) is 9.18 Å². The van der Waals surface area contributed by atoms with Crippen LogP contribution >= 0.6 is 23.2 Å². The first-order valence-corrected chi connectivity index (χ1v) is 9.46. The summed E-state index contributed by atoms with van der Waals surface area (Å²) >= 11 is 12.2. The van der Waals surface area contributed by atoms with Crippen LogP contribution < -0.4 is 5.73 Å². The zero-order chi connectivity index (χ0) is 19.8. The summed E-state index contributed by atoms with van der Waals surface area (Å²) in [5.74, 6) is -0.516. The Morgan fingerprint density at radius 1 is 1.14 bits per heavy atom. The van der Waals surface area contributed by atoms with Crippen LogP contribution in [0.1, 0.15) is 22.7 Å². The molecular formula is C21H16Cl2FN3O. The predicted octanol–water partition coefficient (Wildman–Crippen LogP) is 5.22. The largest absolute Gasteiger partial charge is 0.351 e. The smallest absolute Gasteiger partial charge is 0.315 e. The molecule has 1 atom stereocenters. The van der Waals surface area contributed by atoms with Crippen LogP contribution in [-0.4, -0.2) is 22.5 Å². The zero-order valence-electron chi connectivity index (χ0n) is 14.7. The number of benzene rings is 2. The maximum atomic E-state index is 14.1. The molecule has 1 aromatic heterocycles. The van der Waals surface area contributed by atoms with Crippen LogP contribution in [0.2, 0.25) is 10.0 Å². The van der Waals surface area contributed by atoms with Crippen LogP contribution in [0.4, 0.5) is 9.18 Å². The number of rotatable bonds is 2. The fourth-order valence-corrected chi connectivity index (χ4v) is 3.98. The second-order valence-electron chi connectivity index (χ2n) is 6.61. The number of nitrogens with zero attached hydrogens (tertiary/aromatic N) is 2. The van der Waals surface area contributed by atoms with Gasteiger partial charge < -0.3 is 10.6 Å². The molecule has 7 heteroatoms. The van der Waals surface area contributed by atoms with Crippen molar-refractivity contribution in [2.75, 3.05) is 6.54 Å². The fraction of sp³-hybridized carbons (Fsp3) is 0.143. The summed E-state index contributed by atoms with van der Waals surface area (Å²) < 4.78 is 14.1. The number of hydrogen-bond donors (Lipinski definition) is 1. The van der Waals surface area contributed by atoms with E-state index < -0.39 is 12.0 Å². The minimum absolute atomic E-state index is 0.385.